The number of sulfonamides is 1. The second kappa shape index (κ2) is 12.0. The molecule has 9 nitrogen and oxygen atoms in total. The molecule has 2 aromatic heterocycles. The average molecular weight is 682 g/mol. The monoisotopic (exact) mass is 681 g/mol. The van der Waals surface area contributed by atoms with Crippen LogP contribution in [0.3, 0.4) is 0 Å². The molecule has 6 aromatic rings. The number of hydrogen-bond acceptors (Lipinski definition) is 6. The predicted octanol–water partition coefficient (Wildman–Crippen LogP) is 7.49. The Morgan fingerprint density at radius 3 is 2.42 bits per heavy atom. The number of nitrogens with zero attached hydrogens (tertiary/aromatic N) is 1. The molecule has 0 bridgehead atoms. The zero-order chi connectivity index (χ0) is 34.5. The number of carbonyl (C=O) groups excluding carboxylic acids is 1. The quantitative estimate of drug-likeness (QED) is 0.161. The standard InChI is InChI=1S/C34H27F4N3O6S/c1-4-41(48(3,44)45)28-17-29-26(16-25(28)19-7-5-8-20(13-19)32(42)39-18(2)34(36,37)38)30-31(47-29)24-12-11-23(15-27(24)40-33(30)43)46-22-10-6-9-21(35)14-22/h5-18H,4H2,1-3H3,(H,39,42)(H,40,43)/t18-/m0/s1. The van der Waals surface area contributed by atoms with Crippen LogP contribution in [0.4, 0.5) is 23.2 Å². The molecule has 4 aromatic carbocycles. The molecule has 0 saturated carbocycles. The number of aromatic nitrogens is 1. The topological polar surface area (TPSA) is 122 Å². The molecule has 0 radical (unpaired) electrons. The molecular weight excluding hydrogens is 654 g/mol. The zero-order valence-corrected chi connectivity index (χ0v) is 26.4. The summed E-state index contributed by atoms with van der Waals surface area (Å²) in [7, 11) is -3.85. The number of halogens is 4. The van der Waals surface area contributed by atoms with E-state index in [0.717, 1.165) is 17.5 Å². The SMILES string of the molecule is CCN(c1cc2oc3c4ccc(Oc5cccc(F)c5)cc4[nH]c(=O)c3c2cc1-c1cccc(C(=O)N[C@@H](C)C(F)(F)F)c1)S(C)(=O)=O. The van der Waals surface area contributed by atoms with Crippen molar-refractivity contribution in [3.8, 4) is 22.6 Å². The Morgan fingerprint density at radius 1 is 1.00 bits per heavy atom. The maximum Gasteiger partial charge on any atom is 0.408 e. The third-order valence-corrected chi connectivity index (χ3v) is 9.04. The lowest BCUT2D eigenvalue weighted by Crippen LogP contribution is -2.43. The van der Waals surface area contributed by atoms with Gasteiger partial charge in [0, 0.05) is 46.6 Å². The number of hydrogen-bond donors (Lipinski definition) is 2. The summed E-state index contributed by atoms with van der Waals surface area (Å²) in [5.41, 5.74) is 0.911. The fourth-order valence-electron chi connectivity index (χ4n) is 5.50. The van der Waals surface area contributed by atoms with Crippen LogP contribution in [0.5, 0.6) is 11.5 Å². The van der Waals surface area contributed by atoms with Crippen LogP contribution < -0.4 is 19.9 Å². The molecule has 0 saturated heterocycles. The van der Waals surface area contributed by atoms with Crippen LogP contribution >= 0.6 is 0 Å². The number of H-pyrrole nitrogens is 1. The lowest BCUT2D eigenvalue weighted by Gasteiger charge is -2.24. The van der Waals surface area contributed by atoms with Crippen molar-refractivity contribution >= 4 is 54.5 Å². The summed E-state index contributed by atoms with van der Waals surface area (Å²) in [6, 6.07) is 17.1. The van der Waals surface area contributed by atoms with Gasteiger partial charge in [-0.3, -0.25) is 13.9 Å². The van der Waals surface area contributed by atoms with Crippen molar-refractivity contribution in [2.45, 2.75) is 26.1 Å². The maximum absolute atomic E-state index is 13.7. The fraction of sp³-hybridized carbons (Fsp3) is 0.176. The molecule has 0 spiro atoms. The minimum absolute atomic E-state index is 0.0123. The first-order valence-corrected chi connectivity index (χ1v) is 16.4. The number of ether oxygens (including phenoxy) is 1. The van der Waals surface area contributed by atoms with Crippen LogP contribution in [0.1, 0.15) is 24.2 Å². The van der Waals surface area contributed by atoms with E-state index in [1.54, 1.807) is 43.3 Å². The second-order valence-corrected chi connectivity index (χ2v) is 13.0. The van der Waals surface area contributed by atoms with Crippen molar-refractivity contribution in [1.82, 2.24) is 10.3 Å². The Labute approximate surface area is 270 Å². The number of alkyl halides is 3. The van der Waals surface area contributed by atoms with E-state index in [1.165, 1.54) is 42.5 Å². The summed E-state index contributed by atoms with van der Waals surface area (Å²) >= 11 is 0. The summed E-state index contributed by atoms with van der Waals surface area (Å²) in [4.78, 5) is 29.1. The van der Waals surface area contributed by atoms with Crippen molar-refractivity contribution in [2.75, 3.05) is 17.1 Å². The number of carbonyl (C=O) groups is 1. The number of furan rings is 1. The Bertz CT molecular complexity index is 2400. The number of nitrogens with one attached hydrogen (secondary N) is 2. The number of fused-ring (bicyclic) bond motifs is 5. The molecule has 48 heavy (non-hydrogen) atoms. The van der Waals surface area contributed by atoms with Gasteiger partial charge in [0.15, 0.2) is 0 Å². The Hall–Kier alpha value is -5.37. The average Bonchev–Trinajstić information content (AvgIpc) is 3.39. The molecule has 0 aliphatic rings. The van der Waals surface area contributed by atoms with E-state index in [1.807, 2.05) is 5.32 Å². The first kappa shape index (κ1) is 32.6. The number of rotatable bonds is 8. The summed E-state index contributed by atoms with van der Waals surface area (Å²) < 4.78 is 91.9. The normalized spacial score (nSPS) is 12.8. The predicted molar refractivity (Wildman–Crippen MR) is 175 cm³/mol. The van der Waals surface area contributed by atoms with Gasteiger partial charge in [-0.1, -0.05) is 18.2 Å². The summed E-state index contributed by atoms with van der Waals surface area (Å²) in [5.74, 6) is -0.876. The van der Waals surface area contributed by atoms with Crippen molar-refractivity contribution in [3.05, 3.63) is 101 Å². The van der Waals surface area contributed by atoms with Crippen molar-refractivity contribution in [2.24, 2.45) is 0 Å². The van der Waals surface area contributed by atoms with E-state index in [4.69, 9.17) is 9.15 Å². The van der Waals surface area contributed by atoms with Crippen LogP contribution in [0.25, 0.3) is 44.0 Å². The molecule has 6 rings (SSSR count). The van der Waals surface area contributed by atoms with Gasteiger partial charge in [-0.15, -0.1) is 0 Å². The first-order chi connectivity index (χ1) is 22.6. The molecular formula is C34H27F4N3O6S. The minimum Gasteiger partial charge on any atom is -0.457 e. The Balaban J connectivity index is 1.52. The zero-order valence-electron chi connectivity index (χ0n) is 25.6. The van der Waals surface area contributed by atoms with Gasteiger partial charge in [-0.25, -0.2) is 12.8 Å². The van der Waals surface area contributed by atoms with E-state index in [9.17, 15) is 35.6 Å². The maximum atomic E-state index is 13.7. The number of benzene rings is 4. The molecule has 14 heteroatoms. The van der Waals surface area contributed by atoms with Gasteiger partial charge in [-0.05, 0) is 61.9 Å². The molecule has 2 heterocycles. The number of amides is 1. The number of pyridine rings is 1. The highest BCUT2D eigenvalue weighted by molar-refractivity contribution is 7.92. The van der Waals surface area contributed by atoms with E-state index in [-0.39, 0.29) is 45.7 Å². The van der Waals surface area contributed by atoms with Gasteiger partial charge in [0.05, 0.1) is 22.8 Å². The summed E-state index contributed by atoms with van der Waals surface area (Å²) in [6.45, 7) is 2.46. The summed E-state index contributed by atoms with van der Waals surface area (Å²) in [6.07, 6.45) is -3.63. The van der Waals surface area contributed by atoms with Gasteiger partial charge >= 0.3 is 6.18 Å². The highest BCUT2D eigenvalue weighted by atomic mass is 32.2. The second-order valence-electron chi connectivity index (χ2n) is 11.1. The van der Waals surface area contributed by atoms with Crippen LogP contribution in [0.2, 0.25) is 0 Å². The molecule has 2 N–H and O–H groups in total. The van der Waals surface area contributed by atoms with Crippen molar-refractivity contribution in [3.63, 3.8) is 0 Å². The van der Waals surface area contributed by atoms with E-state index < -0.39 is 39.5 Å². The molecule has 1 amide bonds. The highest BCUT2D eigenvalue weighted by Gasteiger charge is 2.37. The third-order valence-electron chi connectivity index (χ3n) is 7.78. The molecule has 0 aliphatic heterocycles. The smallest absolute Gasteiger partial charge is 0.408 e. The van der Waals surface area contributed by atoms with E-state index >= 15 is 0 Å². The van der Waals surface area contributed by atoms with Crippen molar-refractivity contribution in [1.29, 1.82) is 0 Å². The Morgan fingerprint density at radius 2 is 1.73 bits per heavy atom. The lowest BCUT2D eigenvalue weighted by atomic mass is 9.98. The van der Waals surface area contributed by atoms with E-state index in [2.05, 4.69) is 4.98 Å². The van der Waals surface area contributed by atoms with Crippen molar-refractivity contribution < 1.29 is 39.9 Å². The number of aromatic amines is 1. The number of anilines is 1. The van der Waals surface area contributed by atoms with Gasteiger partial charge in [-0.2, -0.15) is 13.2 Å². The van der Waals surface area contributed by atoms with E-state index in [0.29, 0.717) is 27.6 Å². The molecule has 1 atom stereocenters. The van der Waals surface area contributed by atoms with Gasteiger partial charge in [0.2, 0.25) is 10.0 Å². The largest absolute Gasteiger partial charge is 0.457 e. The molecule has 248 valence electrons. The first-order valence-electron chi connectivity index (χ1n) is 14.6. The van der Waals surface area contributed by atoms with Crippen LogP contribution in [0.15, 0.2) is 88.1 Å². The van der Waals surface area contributed by atoms with Gasteiger partial charge < -0.3 is 19.5 Å². The van der Waals surface area contributed by atoms with Gasteiger partial charge in [0.1, 0.15) is 34.5 Å². The molecule has 0 unspecified atom stereocenters. The highest BCUT2D eigenvalue weighted by Crippen LogP contribution is 2.41. The van der Waals surface area contributed by atoms with Gasteiger partial charge in [0.25, 0.3) is 11.5 Å². The molecule has 0 aliphatic carbocycles. The van der Waals surface area contributed by atoms with Crippen LogP contribution in [-0.4, -0.2) is 44.3 Å². The van der Waals surface area contributed by atoms with Crippen LogP contribution in [-0.2, 0) is 10.0 Å². The summed E-state index contributed by atoms with van der Waals surface area (Å²) in [5, 5.41) is 2.93. The van der Waals surface area contributed by atoms with Crippen LogP contribution in [0, 0.1) is 5.82 Å². The lowest BCUT2D eigenvalue weighted by molar-refractivity contribution is -0.149. The third kappa shape index (κ3) is 6.18. The molecule has 0 fully saturated rings. The minimum atomic E-state index is -4.65. The fourth-order valence-corrected chi connectivity index (χ4v) is 6.48. The Kier molecular flexibility index (Phi) is 8.15.